The highest BCUT2D eigenvalue weighted by Gasteiger charge is 2.51. The van der Waals surface area contributed by atoms with E-state index >= 15 is 0 Å². The molecule has 1 atom stereocenters. The fourth-order valence-corrected chi connectivity index (χ4v) is 3.45. The zero-order valence-electron chi connectivity index (χ0n) is 16.6. The average Bonchev–Trinajstić information content (AvgIpc) is 2.77. The van der Waals surface area contributed by atoms with Gasteiger partial charge >= 0.3 is 6.18 Å². The molecular weight excluding hydrogens is 369 g/mol. The van der Waals surface area contributed by atoms with Crippen molar-refractivity contribution in [2.24, 2.45) is 5.41 Å². The lowest BCUT2D eigenvalue weighted by Gasteiger charge is -2.31. The van der Waals surface area contributed by atoms with Gasteiger partial charge in [0.1, 0.15) is 11.4 Å². The summed E-state index contributed by atoms with van der Waals surface area (Å²) >= 11 is 0. The number of ether oxygens (including phenoxy) is 1. The van der Waals surface area contributed by atoms with Gasteiger partial charge in [0.05, 0.1) is 5.41 Å². The van der Waals surface area contributed by atoms with E-state index in [1.54, 1.807) is 44.2 Å². The van der Waals surface area contributed by atoms with Crippen LogP contribution in [-0.4, -0.2) is 29.2 Å². The van der Waals surface area contributed by atoms with Gasteiger partial charge in [-0.05, 0) is 63.1 Å². The number of carbonyl (C=O) groups is 1. The maximum Gasteiger partial charge on any atom is 0.409 e. The first-order chi connectivity index (χ1) is 12.8. The molecule has 0 radical (unpaired) electrons. The van der Waals surface area contributed by atoms with E-state index in [4.69, 9.17) is 4.74 Å². The van der Waals surface area contributed by atoms with E-state index < -0.39 is 29.1 Å². The van der Waals surface area contributed by atoms with Gasteiger partial charge in [0.25, 0.3) is 0 Å². The van der Waals surface area contributed by atoms with E-state index in [1.807, 2.05) is 20.8 Å². The molecule has 7 heteroatoms. The fourth-order valence-electron chi connectivity index (χ4n) is 3.45. The summed E-state index contributed by atoms with van der Waals surface area (Å²) < 4.78 is 48.5. The van der Waals surface area contributed by atoms with Crippen molar-refractivity contribution in [3.63, 3.8) is 0 Å². The largest absolute Gasteiger partial charge is 0.488 e. The predicted molar refractivity (Wildman–Crippen MR) is 102 cm³/mol. The first-order valence-corrected chi connectivity index (χ1v) is 9.14. The van der Waals surface area contributed by atoms with Crippen LogP contribution in [0.15, 0.2) is 36.4 Å². The van der Waals surface area contributed by atoms with Crippen LogP contribution in [0.3, 0.4) is 0 Å². The summed E-state index contributed by atoms with van der Waals surface area (Å²) in [6.45, 7) is 8.74. The zero-order valence-corrected chi connectivity index (χ0v) is 16.6. The molecule has 1 aliphatic rings. The van der Waals surface area contributed by atoms with Crippen molar-refractivity contribution in [2.45, 2.75) is 52.4 Å². The summed E-state index contributed by atoms with van der Waals surface area (Å²) in [5.74, 6) is -0.0617. The Hall–Kier alpha value is -2.28. The zero-order chi connectivity index (χ0) is 20.9. The summed E-state index contributed by atoms with van der Waals surface area (Å²) in [4.78, 5) is 12.1. The van der Waals surface area contributed by atoms with Gasteiger partial charge in [0.15, 0.2) is 6.04 Å². The molecule has 0 spiro atoms. The number of nitrogens with one attached hydrogen (secondary N) is 1. The monoisotopic (exact) mass is 394 g/mol. The number of hydrogen-bond acceptors (Lipinski definition) is 3. The van der Waals surface area contributed by atoms with Crippen molar-refractivity contribution in [2.75, 3.05) is 6.54 Å². The summed E-state index contributed by atoms with van der Waals surface area (Å²) in [7, 11) is 0. The first kappa shape index (κ1) is 20.5. The number of fused-ring (bicyclic) bond motifs is 1. The standard InChI is InChI=1S/C21H25F3N2O2/c1-19(2,3)28-14-10-13-8-6-7-9-15(13)16(11-14)17(21(22,23)24)26-12-20(4,5)18(27)25-26/h6-11,17H,12H2,1-5H3,(H,25,27)/t17-/m0/s1. The number of carbonyl (C=O) groups excluding carboxylic acids is 1. The molecule has 1 fully saturated rings. The van der Waals surface area contributed by atoms with E-state index in [-0.39, 0.29) is 12.1 Å². The number of hydrazine groups is 1. The Morgan fingerprint density at radius 2 is 1.79 bits per heavy atom. The molecule has 152 valence electrons. The molecule has 0 unspecified atom stereocenters. The molecule has 1 N–H and O–H groups in total. The van der Waals surface area contributed by atoms with Gasteiger partial charge in [-0.1, -0.05) is 24.3 Å². The molecule has 1 aliphatic heterocycles. The third kappa shape index (κ3) is 4.09. The van der Waals surface area contributed by atoms with Crippen LogP contribution >= 0.6 is 0 Å². The van der Waals surface area contributed by atoms with Crippen LogP contribution in [0, 0.1) is 5.41 Å². The third-order valence-electron chi connectivity index (χ3n) is 4.63. The maximum absolute atomic E-state index is 14.2. The minimum absolute atomic E-state index is 0.0469. The second-order valence-corrected chi connectivity index (χ2v) is 8.84. The molecule has 0 aromatic heterocycles. The van der Waals surface area contributed by atoms with Crippen molar-refractivity contribution in [1.82, 2.24) is 10.4 Å². The number of benzene rings is 2. The average molecular weight is 394 g/mol. The lowest BCUT2D eigenvalue weighted by atomic mass is 9.93. The lowest BCUT2D eigenvalue weighted by Crippen LogP contribution is -2.43. The van der Waals surface area contributed by atoms with Crippen molar-refractivity contribution in [3.05, 3.63) is 42.0 Å². The van der Waals surface area contributed by atoms with Gasteiger partial charge < -0.3 is 4.74 Å². The van der Waals surface area contributed by atoms with Crippen LogP contribution < -0.4 is 10.2 Å². The van der Waals surface area contributed by atoms with Crippen LogP contribution in [0.4, 0.5) is 13.2 Å². The highest BCUT2D eigenvalue weighted by Crippen LogP contribution is 2.44. The quantitative estimate of drug-likeness (QED) is 0.797. The number of hydrogen-bond donors (Lipinski definition) is 1. The summed E-state index contributed by atoms with van der Waals surface area (Å²) in [5.41, 5.74) is 1.01. The molecule has 1 amide bonds. The Kier molecular flexibility index (Phi) is 4.86. The fraction of sp³-hybridized carbons (Fsp3) is 0.476. The van der Waals surface area contributed by atoms with Gasteiger partial charge in [0, 0.05) is 6.54 Å². The maximum atomic E-state index is 14.2. The normalized spacial score (nSPS) is 18.9. The smallest absolute Gasteiger partial charge is 0.409 e. The van der Waals surface area contributed by atoms with Crippen molar-refractivity contribution < 1.29 is 22.7 Å². The number of nitrogens with zero attached hydrogens (tertiary/aromatic N) is 1. The predicted octanol–water partition coefficient (Wildman–Crippen LogP) is 4.99. The summed E-state index contributed by atoms with van der Waals surface area (Å²) in [6, 6.07) is 8.09. The Morgan fingerprint density at radius 3 is 2.32 bits per heavy atom. The lowest BCUT2D eigenvalue weighted by molar-refractivity contribution is -0.191. The highest BCUT2D eigenvalue weighted by molar-refractivity contribution is 5.88. The SMILES string of the molecule is CC(C)(C)Oc1cc([C@H](N2CC(C)(C)C(=O)N2)C(F)(F)F)c2ccccc2c1. The number of rotatable bonds is 3. The minimum Gasteiger partial charge on any atom is -0.488 e. The molecular formula is C21H25F3N2O2. The Morgan fingerprint density at radius 1 is 1.14 bits per heavy atom. The topological polar surface area (TPSA) is 41.6 Å². The van der Waals surface area contributed by atoms with Crippen LogP contribution in [0.2, 0.25) is 0 Å². The molecule has 4 nitrogen and oxygen atoms in total. The van der Waals surface area contributed by atoms with Gasteiger partial charge in [-0.3, -0.25) is 10.2 Å². The minimum atomic E-state index is -4.59. The Labute approximate surface area is 162 Å². The highest BCUT2D eigenvalue weighted by atomic mass is 19.4. The Balaban J connectivity index is 2.18. The number of amides is 1. The molecule has 2 aromatic carbocycles. The summed E-state index contributed by atoms with van der Waals surface area (Å²) in [6.07, 6.45) is -4.59. The number of alkyl halides is 3. The van der Waals surface area contributed by atoms with Crippen LogP contribution in [0.1, 0.15) is 46.2 Å². The molecule has 1 saturated heterocycles. The van der Waals surface area contributed by atoms with Gasteiger partial charge in [-0.15, -0.1) is 0 Å². The number of halogens is 3. The molecule has 0 bridgehead atoms. The van der Waals surface area contributed by atoms with Gasteiger partial charge in [0.2, 0.25) is 5.91 Å². The van der Waals surface area contributed by atoms with Crippen LogP contribution in [0.5, 0.6) is 5.75 Å². The van der Waals surface area contributed by atoms with Gasteiger partial charge in [-0.2, -0.15) is 13.2 Å². The van der Waals surface area contributed by atoms with E-state index in [9.17, 15) is 18.0 Å². The van der Waals surface area contributed by atoms with E-state index in [1.165, 1.54) is 6.07 Å². The molecule has 0 aliphatic carbocycles. The molecule has 0 saturated carbocycles. The second kappa shape index (κ2) is 6.65. The first-order valence-electron chi connectivity index (χ1n) is 9.14. The van der Waals surface area contributed by atoms with Gasteiger partial charge in [-0.25, -0.2) is 5.01 Å². The molecule has 1 heterocycles. The molecule has 3 rings (SSSR count). The molecule has 2 aromatic rings. The van der Waals surface area contributed by atoms with E-state index in [0.29, 0.717) is 16.5 Å². The second-order valence-electron chi connectivity index (χ2n) is 8.84. The Bertz CT molecular complexity index is 901. The van der Waals surface area contributed by atoms with E-state index in [2.05, 4.69) is 5.43 Å². The third-order valence-corrected chi connectivity index (χ3v) is 4.63. The van der Waals surface area contributed by atoms with Crippen molar-refractivity contribution >= 4 is 16.7 Å². The van der Waals surface area contributed by atoms with Crippen molar-refractivity contribution in [3.8, 4) is 5.75 Å². The van der Waals surface area contributed by atoms with Crippen LogP contribution in [0.25, 0.3) is 10.8 Å². The van der Waals surface area contributed by atoms with Crippen LogP contribution in [-0.2, 0) is 4.79 Å². The molecule has 28 heavy (non-hydrogen) atoms. The summed E-state index contributed by atoms with van der Waals surface area (Å²) in [5, 5.41) is 2.12. The van der Waals surface area contributed by atoms with E-state index in [0.717, 1.165) is 5.01 Å². The van der Waals surface area contributed by atoms with Crippen molar-refractivity contribution in [1.29, 1.82) is 0 Å².